The van der Waals surface area contributed by atoms with Crippen molar-refractivity contribution in [2.24, 2.45) is 5.92 Å². The van der Waals surface area contributed by atoms with Gasteiger partial charge in [0.15, 0.2) is 0 Å². The molecule has 2 aromatic heterocycles. The molecule has 2 saturated heterocycles. The second kappa shape index (κ2) is 8.03. The Hall–Kier alpha value is -2.99. The minimum atomic E-state index is -0.219. The fraction of sp³-hybridized carbons (Fsp3) is 0.375. The first kappa shape index (κ1) is 19.0. The number of fused-ring (bicyclic) bond motifs is 1. The summed E-state index contributed by atoms with van der Waals surface area (Å²) in [5.41, 5.74) is 1.41. The Kier molecular flexibility index (Phi) is 5.09. The first-order valence-electron chi connectivity index (χ1n) is 10.6. The highest BCUT2D eigenvalue weighted by Gasteiger charge is 2.44. The lowest BCUT2D eigenvalue weighted by Crippen LogP contribution is -2.50. The molecular weight excluding hydrogens is 376 g/mol. The zero-order valence-electron chi connectivity index (χ0n) is 17.0. The van der Waals surface area contributed by atoms with E-state index in [4.69, 9.17) is 4.74 Å². The normalized spacial score (nSPS) is 23.7. The molecule has 2 aliphatic heterocycles. The summed E-state index contributed by atoms with van der Waals surface area (Å²) >= 11 is 0. The lowest BCUT2D eigenvalue weighted by molar-refractivity contribution is -0.0449. The molecule has 2 fully saturated rings. The van der Waals surface area contributed by atoms with Crippen LogP contribution in [0.15, 0.2) is 60.9 Å². The van der Waals surface area contributed by atoms with Crippen LogP contribution in [0.25, 0.3) is 10.9 Å². The summed E-state index contributed by atoms with van der Waals surface area (Å²) in [5.74, 6) is 1.40. The summed E-state index contributed by atoms with van der Waals surface area (Å²) in [7, 11) is 0. The van der Waals surface area contributed by atoms with Gasteiger partial charge in [-0.15, -0.1) is 0 Å². The zero-order valence-corrected chi connectivity index (χ0v) is 17.0. The van der Waals surface area contributed by atoms with Crippen LogP contribution in [0.2, 0.25) is 0 Å². The highest BCUT2D eigenvalue weighted by molar-refractivity contribution is 5.98. The van der Waals surface area contributed by atoms with Crippen molar-refractivity contribution in [3.63, 3.8) is 0 Å². The number of benzene rings is 1. The summed E-state index contributed by atoms with van der Waals surface area (Å²) in [6.45, 7) is 3.01. The molecule has 154 valence electrons. The Balaban J connectivity index is 1.24. The number of nitrogens with zero attached hydrogens (tertiary/aromatic N) is 3. The maximum absolute atomic E-state index is 13.2. The maximum Gasteiger partial charge on any atom is 0.253 e. The molecule has 0 saturated carbocycles. The number of hydrogen-bond donors (Lipinski definition) is 1. The van der Waals surface area contributed by atoms with E-state index in [0.29, 0.717) is 12.5 Å². The third kappa shape index (κ3) is 3.87. The average Bonchev–Trinajstić information content (AvgIpc) is 3.19. The fourth-order valence-electron chi connectivity index (χ4n) is 4.73. The lowest BCUT2D eigenvalue weighted by atomic mass is 9.86. The van der Waals surface area contributed by atoms with E-state index in [2.05, 4.69) is 15.3 Å². The molecule has 0 bridgehead atoms. The molecule has 4 heterocycles. The summed E-state index contributed by atoms with van der Waals surface area (Å²) in [6, 6.07) is 15.5. The highest BCUT2D eigenvalue weighted by atomic mass is 16.5. The predicted octanol–water partition coefficient (Wildman–Crippen LogP) is 3.75. The number of aromatic nitrogens is 2. The molecule has 6 nitrogen and oxygen atoms in total. The lowest BCUT2D eigenvalue weighted by Gasteiger charge is -2.40. The Morgan fingerprint density at radius 2 is 2.10 bits per heavy atom. The van der Waals surface area contributed by atoms with Crippen LogP contribution in [0.3, 0.4) is 0 Å². The number of hydrogen-bond acceptors (Lipinski definition) is 5. The minimum Gasteiger partial charge on any atom is -0.373 e. The molecule has 1 spiro atoms. The van der Waals surface area contributed by atoms with Crippen LogP contribution < -0.4 is 5.32 Å². The number of likely N-dealkylation sites (tertiary alicyclic amines) is 1. The first-order valence-corrected chi connectivity index (χ1v) is 10.6. The number of piperidine rings is 1. The van der Waals surface area contributed by atoms with Crippen molar-refractivity contribution in [1.29, 1.82) is 0 Å². The van der Waals surface area contributed by atoms with E-state index in [0.717, 1.165) is 61.2 Å². The van der Waals surface area contributed by atoms with Crippen LogP contribution in [0, 0.1) is 5.92 Å². The molecule has 5 rings (SSSR count). The van der Waals surface area contributed by atoms with Crippen molar-refractivity contribution >= 4 is 22.6 Å². The summed E-state index contributed by atoms with van der Waals surface area (Å²) in [5, 5.41) is 4.40. The van der Waals surface area contributed by atoms with Gasteiger partial charge in [-0.05, 0) is 55.7 Å². The van der Waals surface area contributed by atoms with E-state index < -0.39 is 0 Å². The second-order valence-electron chi connectivity index (χ2n) is 8.40. The number of carbonyl (C=O) groups excluding carboxylic acids is 1. The van der Waals surface area contributed by atoms with E-state index in [1.807, 2.05) is 53.4 Å². The number of nitrogens with one attached hydrogen (secondary N) is 1. The second-order valence-corrected chi connectivity index (χ2v) is 8.40. The van der Waals surface area contributed by atoms with Crippen molar-refractivity contribution in [2.45, 2.75) is 24.9 Å². The average molecular weight is 402 g/mol. The molecule has 30 heavy (non-hydrogen) atoms. The maximum atomic E-state index is 13.2. The highest BCUT2D eigenvalue weighted by Crippen LogP contribution is 2.38. The van der Waals surface area contributed by atoms with Gasteiger partial charge in [-0.25, -0.2) is 4.98 Å². The quantitative estimate of drug-likeness (QED) is 0.720. The molecule has 0 unspecified atom stereocenters. The van der Waals surface area contributed by atoms with Crippen LogP contribution in [0.4, 0.5) is 5.82 Å². The number of ether oxygens (including phenoxy) is 1. The van der Waals surface area contributed by atoms with E-state index in [-0.39, 0.29) is 11.5 Å². The van der Waals surface area contributed by atoms with Crippen LogP contribution >= 0.6 is 0 Å². The Morgan fingerprint density at radius 3 is 3.00 bits per heavy atom. The minimum absolute atomic E-state index is 0.0819. The summed E-state index contributed by atoms with van der Waals surface area (Å²) < 4.78 is 6.30. The Labute approximate surface area is 176 Å². The zero-order chi connectivity index (χ0) is 20.4. The summed E-state index contributed by atoms with van der Waals surface area (Å²) in [6.07, 6.45) is 6.52. The van der Waals surface area contributed by atoms with Crippen molar-refractivity contribution in [3.8, 4) is 0 Å². The van der Waals surface area contributed by atoms with Crippen molar-refractivity contribution in [1.82, 2.24) is 14.9 Å². The van der Waals surface area contributed by atoms with Gasteiger partial charge < -0.3 is 15.0 Å². The van der Waals surface area contributed by atoms with Crippen LogP contribution in [-0.2, 0) is 4.74 Å². The van der Waals surface area contributed by atoms with Crippen LogP contribution in [0.1, 0.15) is 29.6 Å². The smallest absolute Gasteiger partial charge is 0.253 e. The number of anilines is 1. The molecule has 1 N–H and O–H groups in total. The van der Waals surface area contributed by atoms with Crippen molar-refractivity contribution < 1.29 is 9.53 Å². The number of carbonyl (C=O) groups is 1. The van der Waals surface area contributed by atoms with Gasteiger partial charge in [0.05, 0.1) is 17.7 Å². The Morgan fingerprint density at radius 1 is 1.17 bits per heavy atom. The van der Waals surface area contributed by atoms with Crippen LogP contribution in [-0.4, -0.2) is 52.6 Å². The van der Waals surface area contributed by atoms with Gasteiger partial charge in [-0.1, -0.05) is 12.1 Å². The van der Waals surface area contributed by atoms with Gasteiger partial charge in [0.1, 0.15) is 5.82 Å². The van der Waals surface area contributed by atoms with Gasteiger partial charge in [-0.3, -0.25) is 9.78 Å². The fourth-order valence-corrected chi connectivity index (χ4v) is 4.73. The SMILES string of the molecule is O=C(c1ccc2ncccc2c1)N1CCC[C@@]2(C[C@@H](CNc3ccccn3)CO2)C1. The van der Waals surface area contributed by atoms with E-state index in [1.54, 1.807) is 12.4 Å². The monoisotopic (exact) mass is 402 g/mol. The topological polar surface area (TPSA) is 67.4 Å². The Bertz CT molecular complexity index is 1040. The number of amides is 1. The first-order chi connectivity index (χ1) is 14.7. The van der Waals surface area contributed by atoms with Gasteiger partial charge >= 0.3 is 0 Å². The van der Waals surface area contributed by atoms with Gasteiger partial charge in [-0.2, -0.15) is 0 Å². The van der Waals surface area contributed by atoms with E-state index >= 15 is 0 Å². The predicted molar refractivity (Wildman–Crippen MR) is 116 cm³/mol. The molecule has 0 radical (unpaired) electrons. The molecule has 2 atom stereocenters. The molecule has 2 aliphatic rings. The van der Waals surface area contributed by atoms with E-state index in [9.17, 15) is 4.79 Å². The standard InChI is InChI=1S/C24H26N4O2/c29-23(20-7-8-21-19(13-20)5-3-11-25-21)28-12-4-9-24(17-28)14-18(16-30-24)15-27-22-6-1-2-10-26-22/h1-3,5-8,10-11,13,18H,4,9,12,14-17H2,(H,26,27)/t18-,24+/m0/s1. The third-order valence-electron chi connectivity index (χ3n) is 6.20. The van der Waals surface area contributed by atoms with Crippen molar-refractivity contribution in [2.75, 3.05) is 31.6 Å². The number of rotatable bonds is 4. The molecule has 0 aliphatic carbocycles. The van der Waals surface area contributed by atoms with Crippen molar-refractivity contribution in [3.05, 3.63) is 66.5 Å². The van der Waals surface area contributed by atoms with Gasteiger partial charge in [0.2, 0.25) is 0 Å². The van der Waals surface area contributed by atoms with Gasteiger partial charge in [0.25, 0.3) is 5.91 Å². The molecule has 1 amide bonds. The van der Waals surface area contributed by atoms with Gasteiger partial charge in [0, 0.05) is 48.9 Å². The largest absolute Gasteiger partial charge is 0.373 e. The summed E-state index contributed by atoms with van der Waals surface area (Å²) in [4.78, 5) is 23.8. The molecular formula is C24H26N4O2. The van der Waals surface area contributed by atoms with Crippen LogP contribution in [0.5, 0.6) is 0 Å². The third-order valence-corrected chi connectivity index (χ3v) is 6.20. The number of pyridine rings is 2. The molecule has 6 heteroatoms. The van der Waals surface area contributed by atoms with E-state index in [1.165, 1.54) is 0 Å². The molecule has 1 aromatic carbocycles. The molecule has 3 aromatic rings.